The minimum Gasteiger partial charge on any atom is -0.315 e. The number of nitrogens with zero attached hydrogens (tertiary/aromatic N) is 1. The predicted octanol–water partition coefficient (Wildman–Crippen LogP) is 1.91. The average Bonchev–Trinajstić information content (AvgIpc) is 2.36. The molecule has 0 rings (SSSR count). The molecule has 0 aliphatic carbocycles. The smallest absolute Gasteiger partial charge is 0.147 e. The molecule has 0 aromatic carbocycles. The van der Waals surface area contributed by atoms with E-state index in [0.29, 0.717) is 6.42 Å². The fourth-order valence-corrected chi connectivity index (χ4v) is 3.94. The maximum absolute atomic E-state index is 11.4. The highest BCUT2D eigenvalue weighted by Crippen LogP contribution is 2.29. The second-order valence-corrected chi connectivity index (χ2v) is 7.50. The molecule has 0 saturated heterocycles. The van der Waals surface area contributed by atoms with Crippen LogP contribution in [0.4, 0.5) is 0 Å². The van der Waals surface area contributed by atoms with Crippen LogP contribution < -0.4 is 5.32 Å². The van der Waals surface area contributed by atoms with E-state index in [1.165, 1.54) is 6.26 Å². The van der Waals surface area contributed by atoms with Crippen LogP contribution in [0.15, 0.2) is 0 Å². The minimum absolute atomic E-state index is 0.0446. The van der Waals surface area contributed by atoms with Gasteiger partial charge in [-0.2, -0.15) is 0 Å². The van der Waals surface area contributed by atoms with Gasteiger partial charge in [-0.3, -0.25) is 4.90 Å². The highest BCUT2D eigenvalue weighted by Gasteiger charge is 2.39. The monoisotopic (exact) mass is 292 g/mol. The van der Waals surface area contributed by atoms with Crippen LogP contribution in [-0.2, 0) is 9.84 Å². The van der Waals surface area contributed by atoms with Gasteiger partial charge >= 0.3 is 0 Å². The van der Waals surface area contributed by atoms with Gasteiger partial charge in [-0.1, -0.05) is 27.7 Å². The molecule has 5 heteroatoms. The Bertz CT molecular complexity index is 333. The van der Waals surface area contributed by atoms with Gasteiger partial charge in [0.2, 0.25) is 0 Å². The largest absolute Gasteiger partial charge is 0.315 e. The number of rotatable bonds is 10. The molecule has 0 aromatic heterocycles. The van der Waals surface area contributed by atoms with Gasteiger partial charge in [0.1, 0.15) is 9.84 Å². The molecule has 4 nitrogen and oxygen atoms in total. The Balaban J connectivity index is 5.19. The van der Waals surface area contributed by atoms with Crippen molar-refractivity contribution in [2.24, 2.45) is 0 Å². The molecule has 1 atom stereocenters. The molecule has 116 valence electrons. The maximum atomic E-state index is 11.4. The van der Waals surface area contributed by atoms with Crippen LogP contribution in [0.1, 0.15) is 47.0 Å². The van der Waals surface area contributed by atoms with Crippen molar-refractivity contribution >= 4 is 9.84 Å². The van der Waals surface area contributed by atoms with Gasteiger partial charge in [0, 0.05) is 17.8 Å². The second-order valence-electron chi connectivity index (χ2n) is 5.24. The number of likely N-dealkylation sites (N-methyl/N-ethyl adjacent to an activating group) is 2. The zero-order valence-electron chi connectivity index (χ0n) is 13.5. The van der Waals surface area contributed by atoms with Crippen LogP contribution in [0.5, 0.6) is 0 Å². The van der Waals surface area contributed by atoms with Gasteiger partial charge in [-0.15, -0.1) is 0 Å². The summed E-state index contributed by atoms with van der Waals surface area (Å²) < 4.78 is 22.8. The highest BCUT2D eigenvalue weighted by atomic mass is 32.2. The fraction of sp³-hybridized carbons (Fsp3) is 1.00. The summed E-state index contributed by atoms with van der Waals surface area (Å²) in [5, 5.41) is 3.36. The van der Waals surface area contributed by atoms with E-state index in [-0.39, 0.29) is 17.3 Å². The maximum Gasteiger partial charge on any atom is 0.147 e. The molecule has 0 saturated carbocycles. The third-order valence-corrected chi connectivity index (χ3v) is 5.37. The van der Waals surface area contributed by atoms with Crippen molar-refractivity contribution in [1.82, 2.24) is 10.2 Å². The van der Waals surface area contributed by atoms with Crippen LogP contribution in [0.2, 0.25) is 0 Å². The van der Waals surface area contributed by atoms with E-state index in [1.807, 2.05) is 7.05 Å². The first-order valence-electron chi connectivity index (χ1n) is 7.41. The predicted molar refractivity (Wildman–Crippen MR) is 83.4 cm³/mol. The van der Waals surface area contributed by atoms with Gasteiger partial charge < -0.3 is 5.32 Å². The minimum atomic E-state index is -2.90. The molecule has 1 N–H and O–H groups in total. The van der Waals surface area contributed by atoms with Crippen LogP contribution in [0.25, 0.3) is 0 Å². The van der Waals surface area contributed by atoms with Crippen molar-refractivity contribution in [3.63, 3.8) is 0 Å². The van der Waals surface area contributed by atoms with E-state index < -0.39 is 9.84 Å². The van der Waals surface area contributed by atoms with Gasteiger partial charge in [-0.05, 0) is 39.4 Å². The summed E-state index contributed by atoms with van der Waals surface area (Å²) >= 11 is 0. The average molecular weight is 292 g/mol. The van der Waals surface area contributed by atoms with Crippen molar-refractivity contribution in [3.8, 4) is 0 Å². The molecular weight excluding hydrogens is 260 g/mol. The first-order chi connectivity index (χ1) is 8.81. The first kappa shape index (κ1) is 18.9. The Hall–Kier alpha value is -0.130. The topological polar surface area (TPSA) is 49.4 Å². The lowest BCUT2D eigenvalue weighted by Gasteiger charge is -2.48. The molecule has 0 fully saturated rings. The standard InChI is InChI=1S/C14H32N2O2S/c1-7-14(8-2,16(9-3)10-4)13(15-5)11-12-19(6,17)18/h13,15H,7-12H2,1-6H3. The molecule has 0 spiro atoms. The van der Waals surface area contributed by atoms with Crippen molar-refractivity contribution in [2.75, 3.05) is 32.1 Å². The summed E-state index contributed by atoms with van der Waals surface area (Å²) in [6, 6.07) is 0.206. The van der Waals surface area contributed by atoms with Crippen molar-refractivity contribution in [2.45, 2.75) is 58.5 Å². The molecule has 0 heterocycles. The van der Waals surface area contributed by atoms with E-state index >= 15 is 0 Å². The third-order valence-electron chi connectivity index (χ3n) is 4.39. The van der Waals surface area contributed by atoms with E-state index in [4.69, 9.17) is 0 Å². The van der Waals surface area contributed by atoms with Crippen LogP contribution in [0, 0.1) is 0 Å². The quantitative estimate of drug-likeness (QED) is 0.668. The zero-order chi connectivity index (χ0) is 15.1. The summed E-state index contributed by atoms with van der Waals surface area (Å²) in [6.45, 7) is 10.7. The summed E-state index contributed by atoms with van der Waals surface area (Å²) in [5.41, 5.74) is 0.0446. The van der Waals surface area contributed by atoms with Gasteiger partial charge in [0.05, 0.1) is 5.75 Å². The SMILES string of the molecule is CCN(CC)C(CC)(CC)C(CCS(C)(=O)=O)NC. The van der Waals surface area contributed by atoms with Crippen LogP contribution >= 0.6 is 0 Å². The second kappa shape index (κ2) is 8.22. The molecular formula is C14H32N2O2S. The molecule has 0 aromatic rings. The first-order valence-corrected chi connectivity index (χ1v) is 9.47. The molecule has 0 amide bonds. The fourth-order valence-electron chi connectivity index (χ4n) is 3.28. The summed E-state index contributed by atoms with van der Waals surface area (Å²) in [7, 11) is -0.963. The van der Waals surface area contributed by atoms with Crippen LogP contribution in [0.3, 0.4) is 0 Å². The summed E-state index contributed by atoms with van der Waals surface area (Å²) in [6.07, 6.45) is 4.05. The number of hydrogen-bond donors (Lipinski definition) is 1. The molecule has 0 aliphatic heterocycles. The molecule has 19 heavy (non-hydrogen) atoms. The Labute approximate surface area is 119 Å². The molecule has 0 radical (unpaired) electrons. The molecule has 1 unspecified atom stereocenters. The Morgan fingerprint density at radius 1 is 1.11 bits per heavy atom. The lowest BCUT2D eigenvalue weighted by molar-refractivity contribution is 0.0508. The Kier molecular flexibility index (Phi) is 8.17. The lowest BCUT2D eigenvalue weighted by Crippen LogP contribution is -2.60. The number of sulfone groups is 1. The number of hydrogen-bond acceptors (Lipinski definition) is 4. The third kappa shape index (κ3) is 5.04. The Morgan fingerprint density at radius 3 is 1.84 bits per heavy atom. The van der Waals surface area contributed by atoms with Gasteiger partial charge in [-0.25, -0.2) is 8.42 Å². The summed E-state index contributed by atoms with van der Waals surface area (Å²) in [5.74, 6) is 0.252. The normalized spacial score (nSPS) is 14.9. The Morgan fingerprint density at radius 2 is 1.58 bits per heavy atom. The van der Waals surface area contributed by atoms with E-state index in [0.717, 1.165) is 25.9 Å². The van der Waals surface area contributed by atoms with Crippen LogP contribution in [-0.4, -0.2) is 57.0 Å². The van der Waals surface area contributed by atoms with Crippen molar-refractivity contribution in [1.29, 1.82) is 0 Å². The lowest BCUT2D eigenvalue weighted by atomic mass is 9.81. The van der Waals surface area contributed by atoms with Crippen molar-refractivity contribution < 1.29 is 8.42 Å². The molecule has 0 aliphatic rings. The van der Waals surface area contributed by atoms with E-state index in [9.17, 15) is 8.42 Å². The van der Waals surface area contributed by atoms with Crippen molar-refractivity contribution in [3.05, 3.63) is 0 Å². The van der Waals surface area contributed by atoms with E-state index in [2.05, 4.69) is 37.9 Å². The highest BCUT2D eigenvalue weighted by molar-refractivity contribution is 7.90. The van der Waals surface area contributed by atoms with Gasteiger partial charge in [0.25, 0.3) is 0 Å². The zero-order valence-corrected chi connectivity index (χ0v) is 14.3. The van der Waals surface area contributed by atoms with E-state index in [1.54, 1.807) is 0 Å². The summed E-state index contributed by atoms with van der Waals surface area (Å²) in [4.78, 5) is 2.47. The van der Waals surface area contributed by atoms with Gasteiger partial charge in [0.15, 0.2) is 0 Å². The number of nitrogens with one attached hydrogen (secondary N) is 1. The molecule has 0 bridgehead atoms.